The number of aryl methyl sites for hydroxylation is 1. The van der Waals surface area contributed by atoms with Gasteiger partial charge in [-0.2, -0.15) is 0 Å². The van der Waals surface area contributed by atoms with Crippen molar-refractivity contribution < 1.29 is 22.9 Å². The number of carbonyl (C=O) groups is 1. The fourth-order valence-corrected chi connectivity index (χ4v) is 2.84. The summed E-state index contributed by atoms with van der Waals surface area (Å²) in [6.07, 6.45) is -0.845. The van der Waals surface area contributed by atoms with Crippen molar-refractivity contribution in [1.82, 2.24) is 0 Å². The Bertz CT molecular complexity index is 688. The highest BCUT2D eigenvalue weighted by molar-refractivity contribution is 8.13. The van der Waals surface area contributed by atoms with Gasteiger partial charge in [-0.3, -0.25) is 14.9 Å². The number of primary amides is 1. The van der Waals surface area contributed by atoms with Gasteiger partial charge in [0.1, 0.15) is 0 Å². The molecule has 0 aliphatic rings. The van der Waals surface area contributed by atoms with Gasteiger partial charge in [-0.1, -0.05) is 6.92 Å². The van der Waals surface area contributed by atoms with Gasteiger partial charge in [-0.05, 0) is 25.0 Å². The van der Waals surface area contributed by atoms with E-state index in [-0.39, 0.29) is 17.7 Å². The van der Waals surface area contributed by atoms with Crippen molar-refractivity contribution in [1.29, 1.82) is 0 Å². The first-order valence-electron chi connectivity index (χ1n) is 5.77. The first-order chi connectivity index (χ1) is 9.57. The standard InChI is InChI=1S/C11H13ClN2O6S/c1-3-8(11(13)15)20-9-4-6(2)10(21(12,18)19)5-7(9)14(16)17/h4-5,8H,3H2,1-2H3,(H2,13,15). The number of rotatable bonds is 6. The third-order valence-corrected chi connectivity index (χ3v) is 4.14. The average Bonchev–Trinajstić information content (AvgIpc) is 2.33. The van der Waals surface area contributed by atoms with Crippen LogP contribution in [0.15, 0.2) is 17.0 Å². The van der Waals surface area contributed by atoms with E-state index in [2.05, 4.69) is 0 Å². The molecule has 1 aromatic rings. The van der Waals surface area contributed by atoms with Gasteiger partial charge in [-0.15, -0.1) is 0 Å². The summed E-state index contributed by atoms with van der Waals surface area (Å²) >= 11 is 0. The zero-order chi connectivity index (χ0) is 16.4. The number of nitro benzene ring substituents is 1. The van der Waals surface area contributed by atoms with Gasteiger partial charge in [0.05, 0.1) is 9.82 Å². The van der Waals surface area contributed by atoms with Crippen LogP contribution in [0.2, 0.25) is 0 Å². The Morgan fingerprint density at radius 3 is 2.48 bits per heavy atom. The molecule has 21 heavy (non-hydrogen) atoms. The molecule has 0 aromatic heterocycles. The van der Waals surface area contributed by atoms with Crippen molar-refractivity contribution in [2.45, 2.75) is 31.3 Å². The molecule has 1 aromatic carbocycles. The molecule has 0 fully saturated rings. The first-order valence-corrected chi connectivity index (χ1v) is 8.08. The van der Waals surface area contributed by atoms with Gasteiger partial charge in [0, 0.05) is 16.7 Å². The Labute approximate surface area is 125 Å². The molecule has 1 rings (SSSR count). The first kappa shape index (κ1) is 17.2. The van der Waals surface area contributed by atoms with Gasteiger partial charge in [0.15, 0.2) is 11.9 Å². The number of ether oxygens (including phenoxy) is 1. The number of hydrogen-bond donors (Lipinski definition) is 1. The maximum atomic E-state index is 11.4. The van der Waals surface area contributed by atoms with E-state index in [0.717, 1.165) is 12.1 Å². The van der Waals surface area contributed by atoms with Gasteiger partial charge in [0.2, 0.25) is 0 Å². The third kappa shape index (κ3) is 4.05. The lowest BCUT2D eigenvalue weighted by molar-refractivity contribution is -0.386. The highest BCUT2D eigenvalue weighted by Crippen LogP contribution is 2.34. The number of hydrogen-bond acceptors (Lipinski definition) is 6. The van der Waals surface area contributed by atoms with Crippen molar-refractivity contribution >= 4 is 31.3 Å². The Kier molecular flexibility index (Phi) is 5.13. The van der Waals surface area contributed by atoms with Crippen LogP contribution in [0.4, 0.5) is 5.69 Å². The predicted molar refractivity (Wildman–Crippen MR) is 74.8 cm³/mol. The molecule has 0 aliphatic carbocycles. The molecule has 1 amide bonds. The topological polar surface area (TPSA) is 130 Å². The van der Waals surface area contributed by atoms with E-state index < -0.39 is 36.6 Å². The number of benzene rings is 1. The van der Waals surface area contributed by atoms with Gasteiger partial charge in [-0.25, -0.2) is 8.42 Å². The lowest BCUT2D eigenvalue weighted by atomic mass is 10.2. The molecule has 1 unspecified atom stereocenters. The van der Waals surface area contributed by atoms with Gasteiger partial charge in [0.25, 0.3) is 15.0 Å². The highest BCUT2D eigenvalue weighted by atomic mass is 35.7. The number of nitro groups is 1. The van der Waals surface area contributed by atoms with Crippen molar-refractivity contribution in [3.63, 3.8) is 0 Å². The maximum absolute atomic E-state index is 11.4. The molecule has 10 heteroatoms. The number of nitrogens with two attached hydrogens (primary N) is 1. The summed E-state index contributed by atoms with van der Waals surface area (Å²) in [5.74, 6) is -1.02. The summed E-state index contributed by atoms with van der Waals surface area (Å²) in [5, 5.41) is 11.0. The smallest absolute Gasteiger partial charge is 0.312 e. The van der Waals surface area contributed by atoms with Crippen molar-refractivity contribution in [3.05, 3.63) is 27.8 Å². The Morgan fingerprint density at radius 2 is 2.10 bits per heavy atom. The minimum absolute atomic E-state index is 0.157. The quantitative estimate of drug-likeness (QED) is 0.475. The van der Waals surface area contributed by atoms with Crippen molar-refractivity contribution in [2.24, 2.45) is 5.73 Å². The lowest BCUT2D eigenvalue weighted by Crippen LogP contribution is -2.33. The van der Waals surface area contributed by atoms with E-state index in [4.69, 9.17) is 21.2 Å². The molecule has 0 saturated heterocycles. The van der Waals surface area contributed by atoms with E-state index >= 15 is 0 Å². The molecule has 0 bridgehead atoms. The average molecular weight is 337 g/mol. The Morgan fingerprint density at radius 1 is 1.52 bits per heavy atom. The number of nitrogens with zero attached hydrogens (tertiary/aromatic N) is 1. The van der Waals surface area contributed by atoms with Gasteiger partial charge < -0.3 is 10.5 Å². The van der Waals surface area contributed by atoms with Crippen LogP contribution in [0.1, 0.15) is 18.9 Å². The zero-order valence-corrected chi connectivity index (χ0v) is 12.8. The summed E-state index contributed by atoms with van der Waals surface area (Å²) in [7, 11) is 1.07. The predicted octanol–water partition coefficient (Wildman–Crippen LogP) is 1.47. The van der Waals surface area contributed by atoms with Crippen LogP contribution in [0.5, 0.6) is 5.75 Å². The normalized spacial score (nSPS) is 12.7. The minimum atomic E-state index is -4.14. The molecule has 2 N–H and O–H groups in total. The van der Waals surface area contributed by atoms with Crippen LogP contribution >= 0.6 is 10.7 Å². The SMILES string of the molecule is CCC(Oc1cc(C)c(S(=O)(=O)Cl)cc1[N+](=O)[O-])C(N)=O. The van der Waals surface area contributed by atoms with Crippen molar-refractivity contribution in [3.8, 4) is 5.75 Å². The van der Waals surface area contributed by atoms with Crippen LogP contribution in [-0.4, -0.2) is 25.4 Å². The van der Waals surface area contributed by atoms with E-state index in [1.165, 1.54) is 6.92 Å². The monoisotopic (exact) mass is 336 g/mol. The number of halogens is 1. The molecule has 0 heterocycles. The van der Waals surface area contributed by atoms with Crippen LogP contribution < -0.4 is 10.5 Å². The van der Waals surface area contributed by atoms with Gasteiger partial charge >= 0.3 is 5.69 Å². The Balaban J connectivity index is 3.43. The summed E-state index contributed by atoms with van der Waals surface area (Å²) in [6.45, 7) is 3.02. The third-order valence-electron chi connectivity index (χ3n) is 2.67. The molecule has 0 aliphatic heterocycles. The molecule has 116 valence electrons. The number of amides is 1. The molecular weight excluding hydrogens is 324 g/mol. The van der Waals surface area contributed by atoms with Crippen LogP contribution in [-0.2, 0) is 13.8 Å². The van der Waals surface area contributed by atoms with Crippen LogP contribution in [0.25, 0.3) is 0 Å². The van der Waals surface area contributed by atoms with E-state index in [0.29, 0.717) is 0 Å². The lowest BCUT2D eigenvalue weighted by Gasteiger charge is -2.15. The number of carbonyl (C=O) groups excluding carboxylic acids is 1. The molecule has 1 atom stereocenters. The molecule has 0 saturated carbocycles. The second kappa shape index (κ2) is 6.27. The summed E-state index contributed by atoms with van der Waals surface area (Å²) < 4.78 is 27.9. The minimum Gasteiger partial charge on any atom is -0.473 e. The fourth-order valence-electron chi connectivity index (χ4n) is 1.65. The van der Waals surface area contributed by atoms with E-state index in [1.54, 1.807) is 6.92 Å². The highest BCUT2D eigenvalue weighted by Gasteiger charge is 2.26. The fraction of sp³-hybridized carbons (Fsp3) is 0.364. The van der Waals surface area contributed by atoms with Crippen LogP contribution in [0, 0.1) is 17.0 Å². The molecule has 0 radical (unpaired) electrons. The maximum Gasteiger partial charge on any atom is 0.312 e. The summed E-state index contributed by atoms with van der Waals surface area (Å²) in [6, 6.07) is 1.93. The van der Waals surface area contributed by atoms with Crippen LogP contribution in [0.3, 0.4) is 0 Å². The molecule has 8 nitrogen and oxygen atoms in total. The second-order valence-electron chi connectivity index (χ2n) is 4.20. The summed E-state index contributed by atoms with van der Waals surface area (Å²) in [4.78, 5) is 20.9. The van der Waals surface area contributed by atoms with E-state index in [1.807, 2.05) is 0 Å². The van der Waals surface area contributed by atoms with Crippen molar-refractivity contribution in [2.75, 3.05) is 0 Å². The zero-order valence-electron chi connectivity index (χ0n) is 11.2. The molecule has 0 spiro atoms. The largest absolute Gasteiger partial charge is 0.473 e. The second-order valence-corrected chi connectivity index (χ2v) is 6.73. The summed E-state index contributed by atoms with van der Waals surface area (Å²) in [5.41, 5.74) is 4.65. The Hall–Kier alpha value is -1.87. The molecular formula is C11H13ClN2O6S. The van der Waals surface area contributed by atoms with E-state index in [9.17, 15) is 23.3 Å².